The van der Waals surface area contributed by atoms with Crippen molar-refractivity contribution in [2.45, 2.75) is 0 Å². The summed E-state index contributed by atoms with van der Waals surface area (Å²) < 4.78 is 5.21. The van der Waals surface area contributed by atoms with Crippen molar-refractivity contribution in [1.29, 1.82) is 0 Å². The largest absolute Gasteiger partial charge is 0.387 e. The summed E-state index contributed by atoms with van der Waals surface area (Å²) in [6.45, 7) is 0. The Morgan fingerprint density at radius 1 is 1.50 bits per heavy atom. The lowest BCUT2D eigenvalue weighted by molar-refractivity contribution is 1.56. The standard InChI is InChI=1S/C8H9N3S/c1-10-6-4-2-3-5-7(6)12-11-8(5)9/h2-4,10H,1H3,(H2,9,11). The maximum absolute atomic E-state index is 5.67. The zero-order chi connectivity index (χ0) is 8.55. The molecule has 0 fully saturated rings. The molecule has 0 radical (unpaired) electrons. The van der Waals surface area contributed by atoms with Gasteiger partial charge in [-0.3, -0.25) is 0 Å². The Bertz CT molecular complexity index is 408. The summed E-state index contributed by atoms with van der Waals surface area (Å²) in [5.41, 5.74) is 6.76. The summed E-state index contributed by atoms with van der Waals surface area (Å²) in [5.74, 6) is 0.618. The van der Waals surface area contributed by atoms with Gasteiger partial charge in [0, 0.05) is 12.4 Å². The SMILES string of the molecule is CNc1cccc2c(N)nsc12. The predicted molar refractivity (Wildman–Crippen MR) is 53.6 cm³/mol. The number of nitrogen functional groups attached to an aromatic ring is 1. The van der Waals surface area contributed by atoms with Gasteiger partial charge in [0.1, 0.15) is 5.82 Å². The number of hydrogen-bond donors (Lipinski definition) is 2. The van der Waals surface area contributed by atoms with Gasteiger partial charge in [0.15, 0.2) is 0 Å². The van der Waals surface area contributed by atoms with E-state index >= 15 is 0 Å². The molecule has 0 spiro atoms. The number of nitrogens with two attached hydrogens (primary N) is 1. The van der Waals surface area contributed by atoms with Crippen LogP contribution in [0.2, 0.25) is 0 Å². The summed E-state index contributed by atoms with van der Waals surface area (Å²) in [6, 6.07) is 5.97. The van der Waals surface area contributed by atoms with Crippen LogP contribution < -0.4 is 11.1 Å². The van der Waals surface area contributed by atoms with Crippen LogP contribution in [0.15, 0.2) is 18.2 Å². The van der Waals surface area contributed by atoms with Gasteiger partial charge in [0.25, 0.3) is 0 Å². The molecule has 0 saturated carbocycles. The summed E-state index contributed by atoms with van der Waals surface area (Å²) in [6.07, 6.45) is 0. The van der Waals surface area contributed by atoms with Gasteiger partial charge in [0.2, 0.25) is 0 Å². The van der Waals surface area contributed by atoms with Crippen molar-refractivity contribution in [3.8, 4) is 0 Å². The van der Waals surface area contributed by atoms with Crippen molar-refractivity contribution in [2.24, 2.45) is 0 Å². The second-order valence-corrected chi connectivity index (χ2v) is 3.27. The van der Waals surface area contributed by atoms with Gasteiger partial charge in [0.05, 0.1) is 10.4 Å². The minimum Gasteiger partial charge on any atom is -0.387 e. The fraction of sp³-hybridized carbons (Fsp3) is 0.125. The molecule has 4 heteroatoms. The summed E-state index contributed by atoms with van der Waals surface area (Å²) in [5, 5.41) is 4.13. The van der Waals surface area contributed by atoms with E-state index in [0.717, 1.165) is 15.8 Å². The second kappa shape index (κ2) is 2.64. The maximum atomic E-state index is 5.67. The van der Waals surface area contributed by atoms with E-state index in [0.29, 0.717) is 5.82 Å². The number of fused-ring (bicyclic) bond motifs is 1. The highest BCUT2D eigenvalue weighted by Gasteiger charge is 2.04. The molecule has 0 aliphatic rings. The molecule has 0 saturated heterocycles. The van der Waals surface area contributed by atoms with Crippen LogP contribution in [-0.4, -0.2) is 11.4 Å². The molecule has 1 heterocycles. The van der Waals surface area contributed by atoms with E-state index in [-0.39, 0.29) is 0 Å². The fourth-order valence-electron chi connectivity index (χ4n) is 1.18. The number of nitrogens with zero attached hydrogens (tertiary/aromatic N) is 1. The van der Waals surface area contributed by atoms with Crippen LogP contribution >= 0.6 is 11.5 Å². The van der Waals surface area contributed by atoms with Gasteiger partial charge in [-0.1, -0.05) is 6.07 Å². The molecule has 0 bridgehead atoms. The molecule has 3 N–H and O–H groups in total. The van der Waals surface area contributed by atoms with Crippen molar-refractivity contribution in [2.75, 3.05) is 18.1 Å². The molecule has 12 heavy (non-hydrogen) atoms. The molecule has 62 valence electrons. The Morgan fingerprint density at radius 3 is 3.08 bits per heavy atom. The van der Waals surface area contributed by atoms with Crippen LogP contribution in [-0.2, 0) is 0 Å². The first-order valence-electron chi connectivity index (χ1n) is 3.64. The quantitative estimate of drug-likeness (QED) is 0.703. The van der Waals surface area contributed by atoms with Crippen molar-refractivity contribution in [1.82, 2.24) is 4.37 Å². The van der Waals surface area contributed by atoms with E-state index in [1.54, 1.807) is 0 Å². The molecule has 2 rings (SSSR count). The molecule has 0 unspecified atom stereocenters. The van der Waals surface area contributed by atoms with Crippen LogP contribution in [0, 0.1) is 0 Å². The van der Waals surface area contributed by atoms with Crippen LogP contribution in [0.1, 0.15) is 0 Å². The van der Waals surface area contributed by atoms with Gasteiger partial charge < -0.3 is 11.1 Å². The minimum atomic E-state index is 0.618. The van der Waals surface area contributed by atoms with E-state index in [9.17, 15) is 0 Å². The van der Waals surface area contributed by atoms with Gasteiger partial charge in [-0.05, 0) is 23.7 Å². The van der Waals surface area contributed by atoms with Crippen molar-refractivity contribution < 1.29 is 0 Å². The van der Waals surface area contributed by atoms with E-state index in [1.807, 2.05) is 25.2 Å². The lowest BCUT2D eigenvalue weighted by atomic mass is 10.2. The Kier molecular flexibility index (Phi) is 1.62. The number of aromatic nitrogens is 1. The van der Waals surface area contributed by atoms with Crippen LogP contribution in [0.5, 0.6) is 0 Å². The number of benzene rings is 1. The number of rotatable bonds is 1. The Hall–Kier alpha value is -1.29. The third kappa shape index (κ3) is 0.921. The molecular weight excluding hydrogens is 170 g/mol. The predicted octanol–water partition coefficient (Wildman–Crippen LogP) is 1.92. The zero-order valence-corrected chi connectivity index (χ0v) is 7.48. The van der Waals surface area contributed by atoms with Crippen molar-refractivity contribution in [3.63, 3.8) is 0 Å². The van der Waals surface area contributed by atoms with E-state index < -0.39 is 0 Å². The Labute approximate surface area is 74.4 Å². The molecule has 3 nitrogen and oxygen atoms in total. The first-order valence-corrected chi connectivity index (χ1v) is 4.42. The third-order valence-electron chi connectivity index (χ3n) is 1.80. The number of hydrogen-bond acceptors (Lipinski definition) is 4. The Morgan fingerprint density at radius 2 is 2.33 bits per heavy atom. The average molecular weight is 179 g/mol. The third-order valence-corrected chi connectivity index (χ3v) is 2.71. The van der Waals surface area contributed by atoms with Crippen molar-refractivity contribution >= 4 is 33.1 Å². The normalized spacial score (nSPS) is 10.4. The van der Waals surface area contributed by atoms with Crippen LogP contribution in [0.3, 0.4) is 0 Å². The molecule has 0 amide bonds. The number of nitrogens with one attached hydrogen (secondary N) is 1. The molecule has 0 aliphatic carbocycles. The molecule has 0 aliphatic heterocycles. The molecule has 0 atom stereocenters. The highest BCUT2D eigenvalue weighted by atomic mass is 32.1. The first-order chi connectivity index (χ1) is 5.83. The minimum absolute atomic E-state index is 0.618. The molecule has 2 aromatic rings. The zero-order valence-electron chi connectivity index (χ0n) is 6.66. The molecular formula is C8H9N3S. The summed E-state index contributed by atoms with van der Waals surface area (Å²) in [4.78, 5) is 0. The topological polar surface area (TPSA) is 50.9 Å². The number of anilines is 2. The lowest BCUT2D eigenvalue weighted by Crippen LogP contribution is -1.87. The van der Waals surface area contributed by atoms with Crippen molar-refractivity contribution in [3.05, 3.63) is 18.2 Å². The van der Waals surface area contributed by atoms with Crippen LogP contribution in [0.25, 0.3) is 10.1 Å². The lowest BCUT2D eigenvalue weighted by Gasteiger charge is -1.99. The molecule has 1 aromatic carbocycles. The summed E-state index contributed by atoms with van der Waals surface area (Å²) in [7, 11) is 1.89. The average Bonchev–Trinajstić information content (AvgIpc) is 2.48. The monoisotopic (exact) mass is 179 g/mol. The smallest absolute Gasteiger partial charge is 0.145 e. The van der Waals surface area contributed by atoms with Gasteiger partial charge >= 0.3 is 0 Å². The summed E-state index contributed by atoms with van der Waals surface area (Å²) >= 11 is 1.43. The highest BCUT2D eigenvalue weighted by molar-refractivity contribution is 7.14. The van der Waals surface area contributed by atoms with E-state index in [2.05, 4.69) is 9.69 Å². The van der Waals surface area contributed by atoms with E-state index in [1.165, 1.54) is 11.5 Å². The second-order valence-electron chi connectivity index (χ2n) is 2.50. The maximum Gasteiger partial charge on any atom is 0.145 e. The fourth-order valence-corrected chi connectivity index (χ4v) is 2.01. The first kappa shape index (κ1) is 7.36. The van der Waals surface area contributed by atoms with Gasteiger partial charge in [-0.25, -0.2) is 0 Å². The Balaban J connectivity index is 2.81. The van der Waals surface area contributed by atoms with Crippen LogP contribution in [0.4, 0.5) is 11.5 Å². The van der Waals surface area contributed by atoms with Gasteiger partial charge in [-0.15, -0.1) is 0 Å². The molecule has 1 aromatic heterocycles. The van der Waals surface area contributed by atoms with Gasteiger partial charge in [-0.2, -0.15) is 4.37 Å². The highest BCUT2D eigenvalue weighted by Crippen LogP contribution is 2.30. The van der Waals surface area contributed by atoms with E-state index in [4.69, 9.17) is 5.73 Å².